The number of halogens is 1. The molecule has 0 bridgehead atoms. The highest BCUT2D eigenvalue weighted by Gasteiger charge is 2.19. The third-order valence-electron chi connectivity index (χ3n) is 2.11. The van der Waals surface area contributed by atoms with Crippen molar-refractivity contribution in [2.24, 2.45) is 0 Å². The van der Waals surface area contributed by atoms with Crippen LogP contribution in [0.2, 0.25) is 0 Å². The third-order valence-corrected chi connectivity index (χ3v) is 2.61. The van der Waals surface area contributed by atoms with Crippen LogP contribution >= 0.6 is 15.9 Å². The Morgan fingerprint density at radius 1 is 1.30 bits per heavy atom. The molecule has 0 spiro atoms. The van der Waals surface area contributed by atoms with E-state index in [4.69, 9.17) is 9.47 Å². The van der Waals surface area contributed by atoms with Gasteiger partial charge in [0.1, 0.15) is 5.60 Å². The van der Waals surface area contributed by atoms with E-state index < -0.39 is 17.7 Å². The van der Waals surface area contributed by atoms with E-state index in [0.29, 0.717) is 5.69 Å². The highest BCUT2D eigenvalue weighted by Crippen LogP contribution is 2.23. The Hall–Kier alpha value is -1.56. The van der Waals surface area contributed by atoms with Crippen molar-refractivity contribution in [1.82, 2.24) is 0 Å². The largest absolute Gasteiger partial charge is 0.462 e. The summed E-state index contributed by atoms with van der Waals surface area (Å²) < 4.78 is 10.8. The van der Waals surface area contributed by atoms with Gasteiger partial charge in [-0.05, 0) is 45.9 Å². The summed E-state index contributed by atoms with van der Waals surface area (Å²) in [5.74, 6) is -0.500. The number of esters is 1. The summed E-state index contributed by atoms with van der Waals surface area (Å²) in [6.07, 6.45) is -0.620. The lowest BCUT2D eigenvalue weighted by molar-refractivity contribution is 0.0527. The fourth-order valence-electron chi connectivity index (χ4n) is 1.42. The highest BCUT2D eigenvalue weighted by molar-refractivity contribution is 9.10. The Morgan fingerprint density at radius 2 is 1.95 bits per heavy atom. The van der Waals surface area contributed by atoms with Gasteiger partial charge in [-0.25, -0.2) is 9.59 Å². The fourth-order valence-corrected chi connectivity index (χ4v) is 1.78. The topological polar surface area (TPSA) is 64.6 Å². The summed E-state index contributed by atoms with van der Waals surface area (Å²) in [6.45, 7) is 7.27. The molecule has 0 atom stereocenters. The van der Waals surface area contributed by atoms with E-state index in [2.05, 4.69) is 21.2 Å². The van der Waals surface area contributed by atoms with Gasteiger partial charge in [-0.2, -0.15) is 0 Å². The molecule has 0 fully saturated rings. The lowest BCUT2D eigenvalue weighted by Crippen LogP contribution is -2.27. The van der Waals surface area contributed by atoms with Crippen molar-refractivity contribution in [3.05, 3.63) is 28.2 Å². The number of anilines is 1. The van der Waals surface area contributed by atoms with Gasteiger partial charge in [0.05, 0.1) is 17.9 Å². The standard InChI is InChI=1S/C14H18BrNO4/c1-5-19-12(17)10-8-9(15)6-7-11(10)16-13(18)20-14(2,3)4/h6-8H,5H2,1-4H3,(H,16,18). The molecule has 110 valence electrons. The van der Waals surface area contributed by atoms with Crippen molar-refractivity contribution in [2.75, 3.05) is 11.9 Å². The summed E-state index contributed by atoms with van der Waals surface area (Å²) in [5, 5.41) is 2.55. The molecule has 0 aromatic heterocycles. The fraction of sp³-hybridized carbons (Fsp3) is 0.429. The molecule has 5 nitrogen and oxygen atoms in total. The molecule has 0 aliphatic heterocycles. The van der Waals surface area contributed by atoms with E-state index >= 15 is 0 Å². The zero-order chi connectivity index (χ0) is 15.3. The number of benzene rings is 1. The first kappa shape index (κ1) is 16.5. The minimum atomic E-state index is -0.620. The van der Waals surface area contributed by atoms with E-state index in [1.807, 2.05) is 0 Å². The van der Waals surface area contributed by atoms with Crippen LogP contribution in [0.5, 0.6) is 0 Å². The number of rotatable bonds is 3. The van der Waals surface area contributed by atoms with Crippen molar-refractivity contribution >= 4 is 33.7 Å². The van der Waals surface area contributed by atoms with Gasteiger partial charge in [0.2, 0.25) is 0 Å². The zero-order valence-corrected chi connectivity index (χ0v) is 13.5. The lowest BCUT2D eigenvalue weighted by atomic mass is 10.2. The van der Waals surface area contributed by atoms with E-state index in [1.165, 1.54) is 0 Å². The Bertz CT molecular complexity index is 508. The molecule has 0 aliphatic carbocycles. The molecule has 1 N–H and O–H groups in total. The quantitative estimate of drug-likeness (QED) is 0.843. The average molecular weight is 344 g/mol. The number of amides is 1. The van der Waals surface area contributed by atoms with E-state index in [0.717, 1.165) is 4.47 Å². The van der Waals surface area contributed by atoms with E-state index in [9.17, 15) is 9.59 Å². The molecule has 1 rings (SSSR count). The highest BCUT2D eigenvalue weighted by atomic mass is 79.9. The summed E-state index contributed by atoms with van der Waals surface area (Å²) in [4.78, 5) is 23.6. The van der Waals surface area contributed by atoms with Crippen molar-refractivity contribution in [3.8, 4) is 0 Å². The molecule has 1 amide bonds. The monoisotopic (exact) mass is 343 g/mol. The molecule has 6 heteroatoms. The lowest BCUT2D eigenvalue weighted by Gasteiger charge is -2.20. The van der Waals surface area contributed by atoms with Crippen LogP contribution in [0.4, 0.5) is 10.5 Å². The van der Waals surface area contributed by atoms with Crippen molar-refractivity contribution in [1.29, 1.82) is 0 Å². The van der Waals surface area contributed by atoms with Crippen LogP contribution in [0.3, 0.4) is 0 Å². The molecule has 0 heterocycles. The maximum absolute atomic E-state index is 11.8. The number of hydrogen-bond acceptors (Lipinski definition) is 4. The van der Waals surface area contributed by atoms with Crippen LogP contribution in [-0.4, -0.2) is 24.3 Å². The Labute approximate surface area is 126 Å². The number of ether oxygens (including phenoxy) is 2. The predicted molar refractivity (Wildman–Crippen MR) is 80.0 cm³/mol. The van der Waals surface area contributed by atoms with Gasteiger partial charge in [-0.1, -0.05) is 15.9 Å². The average Bonchev–Trinajstić information content (AvgIpc) is 2.29. The maximum atomic E-state index is 11.8. The Morgan fingerprint density at radius 3 is 2.50 bits per heavy atom. The van der Waals surface area contributed by atoms with Gasteiger partial charge in [-0.15, -0.1) is 0 Å². The minimum Gasteiger partial charge on any atom is -0.462 e. The van der Waals surface area contributed by atoms with Crippen LogP contribution in [0, 0.1) is 0 Å². The summed E-state index contributed by atoms with van der Waals surface area (Å²) in [5.41, 5.74) is 0.0109. The van der Waals surface area contributed by atoms with Gasteiger partial charge in [0.25, 0.3) is 0 Å². The molecule has 0 aliphatic rings. The molecular weight excluding hydrogens is 326 g/mol. The number of nitrogens with one attached hydrogen (secondary N) is 1. The van der Waals surface area contributed by atoms with Gasteiger partial charge >= 0.3 is 12.1 Å². The number of hydrogen-bond donors (Lipinski definition) is 1. The second-order valence-electron chi connectivity index (χ2n) is 5.04. The second-order valence-corrected chi connectivity index (χ2v) is 5.95. The first-order valence-corrected chi connectivity index (χ1v) is 6.99. The predicted octanol–water partition coefficient (Wildman–Crippen LogP) is 3.97. The molecule has 1 aromatic rings. The maximum Gasteiger partial charge on any atom is 0.412 e. The first-order chi connectivity index (χ1) is 9.23. The van der Waals surface area contributed by atoms with Crippen LogP contribution in [0.25, 0.3) is 0 Å². The smallest absolute Gasteiger partial charge is 0.412 e. The van der Waals surface area contributed by atoms with Crippen molar-refractivity contribution < 1.29 is 19.1 Å². The van der Waals surface area contributed by atoms with Crippen molar-refractivity contribution in [2.45, 2.75) is 33.3 Å². The van der Waals surface area contributed by atoms with Crippen molar-refractivity contribution in [3.63, 3.8) is 0 Å². The second kappa shape index (κ2) is 6.74. The number of carbonyl (C=O) groups is 2. The molecule has 1 aromatic carbocycles. The molecule has 0 unspecified atom stereocenters. The van der Waals surface area contributed by atoms with Gasteiger partial charge in [0, 0.05) is 4.47 Å². The Balaban J connectivity index is 2.94. The third kappa shape index (κ3) is 5.21. The Kier molecular flexibility index (Phi) is 5.56. The molecular formula is C14H18BrNO4. The minimum absolute atomic E-state index is 0.261. The van der Waals surface area contributed by atoms with E-state index in [-0.39, 0.29) is 12.2 Å². The summed E-state index contributed by atoms with van der Waals surface area (Å²) >= 11 is 3.28. The normalized spacial score (nSPS) is 10.8. The number of carbonyl (C=O) groups excluding carboxylic acids is 2. The van der Waals surface area contributed by atoms with Gasteiger partial charge < -0.3 is 9.47 Å². The zero-order valence-electron chi connectivity index (χ0n) is 12.0. The SMILES string of the molecule is CCOC(=O)c1cc(Br)ccc1NC(=O)OC(C)(C)C. The van der Waals surface area contributed by atoms with E-state index in [1.54, 1.807) is 45.9 Å². The van der Waals surface area contributed by atoms with Crippen LogP contribution in [-0.2, 0) is 9.47 Å². The summed E-state index contributed by atoms with van der Waals surface area (Å²) in [6, 6.07) is 4.92. The van der Waals surface area contributed by atoms with Crippen LogP contribution in [0.15, 0.2) is 22.7 Å². The summed E-state index contributed by atoms with van der Waals surface area (Å²) in [7, 11) is 0. The van der Waals surface area contributed by atoms with Gasteiger partial charge in [-0.3, -0.25) is 5.32 Å². The molecule has 0 saturated heterocycles. The van der Waals surface area contributed by atoms with Gasteiger partial charge in [0.15, 0.2) is 0 Å². The van der Waals surface area contributed by atoms with Crippen LogP contribution < -0.4 is 5.32 Å². The molecule has 0 radical (unpaired) electrons. The molecule has 20 heavy (non-hydrogen) atoms. The first-order valence-electron chi connectivity index (χ1n) is 6.19. The van der Waals surface area contributed by atoms with Crippen LogP contribution in [0.1, 0.15) is 38.1 Å². The molecule has 0 saturated carbocycles.